The molecule has 0 N–H and O–H groups in total. The van der Waals surface area contributed by atoms with Crippen molar-refractivity contribution in [3.8, 4) is 0 Å². The van der Waals surface area contributed by atoms with Crippen LogP contribution in [0.15, 0.2) is 18.7 Å². The van der Waals surface area contributed by atoms with E-state index in [0.717, 1.165) is 0 Å². The summed E-state index contributed by atoms with van der Waals surface area (Å²) in [5.74, 6) is -0.458. The second-order valence-corrected chi connectivity index (χ2v) is 2.32. The summed E-state index contributed by atoms with van der Waals surface area (Å²) in [6.07, 6.45) is 4.16. The van der Waals surface area contributed by atoms with Crippen molar-refractivity contribution < 1.29 is 9.63 Å². The number of carbonyl (C=O) groups excluding carboxylic acids is 1. The van der Waals surface area contributed by atoms with Crippen molar-refractivity contribution in [2.75, 3.05) is 14.1 Å². The van der Waals surface area contributed by atoms with Crippen LogP contribution in [0.1, 0.15) is 10.4 Å². The van der Waals surface area contributed by atoms with Crippen molar-refractivity contribution in [2.24, 2.45) is 0 Å². The van der Waals surface area contributed by atoms with E-state index < -0.39 is 5.97 Å². The number of rotatable bonds is 2. The van der Waals surface area contributed by atoms with Crippen LogP contribution >= 0.6 is 0 Å². The molecule has 12 heavy (non-hydrogen) atoms. The van der Waals surface area contributed by atoms with E-state index in [0.29, 0.717) is 5.56 Å². The Morgan fingerprint density at radius 3 is 2.50 bits per heavy atom. The van der Waals surface area contributed by atoms with Gasteiger partial charge in [0.2, 0.25) is 0 Å². The maximum Gasteiger partial charge on any atom is 0.360 e. The van der Waals surface area contributed by atoms with Gasteiger partial charge in [0.05, 0.1) is 5.56 Å². The van der Waals surface area contributed by atoms with Gasteiger partial charge in [-0.1, -0.05) is 0 Å². The molecule has 0 fully saturated rings. The third-order valence-electron chi connectivity index (χ3n) is 1.06. The van der Waals surface area contributed by atoms with Gasteiger partial charge in [0, 0.05) is 26.5 Å². The van der Waals surface area contributed by atoms with Gasteiger partial charge >= 0.3 is 5.97 Å². The van der Waals surface area contributed by atoms with Gasteiger partial charge in [0.15, 0.2) is 0 Å². The summed E-state index contributed by atoms with van der Waals surface area (Å²) in [7, 11) is 3.25. The summed E-state index contributed by atoms with van der Waals surface area (Å²) >= 11 is 0. The average Bonchev–Trinajstić information content (AvgIpc) is 2.05. The predicted octanol–water partition coefficient (Wildman–Crippen LogP) is 0.110. The largest absolute Gasteiger partial charge is 0.364 e. The van der Waals surface area contributed by atoms with Crippen molar-refractivity contribution in [3.63, 3.8) is 0 Å². The first-order valence-electron chi connectivity index (χ1n) is 3.35. The molecule has 1 heterocycles. The van der Waals surface area contributed by atoms with Crippen LogP contribution in [0.4, 0.5) is 0 Å². The lowest BCUT2D eigenvalue weighted by molar-refractivity contribution is -0.0714. The van der Waals surface area contributed by atoms with Crippen LogP contribution in [0, 0.1) is 0 Å². The lowest BCUT2D eigenvalue weighted by atomic mass is 10.4. The molecule has 1 rings (SSSR count). The van der Waals surface area contributed by atoms with Gasteiger partial charge in [-0.2, -0.15) is 0 Å². The first-order valence-corrected chi connectivity index (χ1v) is 3.35. The third kappa shape index (κ3) is 2.28. The predicted molar refractivity (Wildman–Crippen MR) is 41.1 cm³/mol. The molecule has 0 saturated heterocycles. The molecule has 0 bridgehead atoms. The quantitative estimate of drug-likeness (QED) is 0.585. The zero-order chi connectivity index (χ0) is 8.97. The van der Waals surface area contributed by atoms with Gasteiger partial charge < -0.3 is 4.84 Å². The highest BCUT2D eigenvalue weighted by molar-refractivity contribution is 5.88. The number of aromatic nitrogens is 2. The SMILES string of the molecule is CN(C)OC(=O)c1cncnc1. The monoisotopic (exact) mass is 167 g/mol. The molecule has 1 aromatic heterocycles. The molecule has 0 spiro atoms. The van der Waals surface area contributed by atoms with E-state index in [2.05, 4.69) is 9.97 Å². The minimum Gasteiger partial charge on any atom is -0.364 e. The Morgan fingerprint density at radius 1 is 1.42 bits per heavy atom. The lowest BCUT2D eigenvalue weighted by Gasteiger charge is -2.08. The second-order valence-electron chi connectivity index (χ2n) is 2.32. The van der Waals surface area contributed by atoms with Crippen molar-refractivity contribution in [2.45, 2.75) is 0 Å². The Labute approximate surface area is 70.0 Å². The maximum atomic E-state index is 11.1. The summed E-state index contributed by atoms with van der Waals surface area (Å²) in [6, 6.07) is 0. The van der Waals surface area contributed by atoms with Gasteiger partial charge in [-0.05, 0) is 0 Å². The van der Waals surface area contributed by atoms with Crippen molar-refractivity contribution in [1.29, 1.82) is 0 Å². The van der Waals surface area contributed by atoms with E-state index in [1.165, 1.54) is 23.8 Å². The van der Waals surface area contributed by atoms with Gasteiger partial charge in [0.25, 0.3) is 0 Å². The molecule has 0 atom stereocenters. The Hall–Kier alpha value is -1.49. The highest BCUT2D eigenvalue weighted by Gasteiger charge is 2.07. The average molecular weight is 167 g/mol. The van der Waals surface area contributed by atoms with Crippen LogP contribution in [0.2, 0.25) is 0 Å². The van der Waals surface area contributed by atoms with Gasteiger partial charge in [-0.25, -0.2) is 14.8 Å². The summed E-state index contributed by atoms with van der Waals surface area (Å²) in [4.78, 5) is 23.2. The normalized spacial score (nSPS) is 9.92. The molecule has 0 aliphatic rings. The standard InChI is InChI=1S/C7H9N3O2/c1-10(2)12-7(11)6-3-8-5-9-4-6/h3-5H,1-2H3. The fraction of sp³-hybridized carbons (Fsp3) is 0.286. The topological polar surface area (TPSA) is 55.3 Å². The van der Waals surface area contributed by atoms with E-state index in [1.54, 1.807) is 14.1 Å². The van der Waals surface area contributed by atoms with E-state index in [9.17, 15) is 4.79 Å². The molecule has 0 aromatic carbocycles. The maximum absolute atomic E-state index is 11.1. The fourth-order valence-corrected chi connectivity index (χ4v) is 0.623. The van der Waals surface area contributed by atoms with E-state index >= 15 is 0 Å². The number of carbonyl (C=O) groups is 1. The summed E-state index contributed by atoms with van der Waals surface area (Å²) in [5.41, 5.74) is 0.339. The lowest BCUT2D eigenvalue weighted by Crippen LogP contribution is -2.18. The molecule has 0 radical (unpaired) electrons. The molecule has 5 heteroatoms. The minimum atomic E-state index is -0.458. The Kier molecular flexibility index (Phi) is 2.71. The van der Waals surface area contributed by atoms with Gasteiger partial charge in [-0.3, -0.25) is 0 Å². The van der Waals surface area contributed by atoms with Crippen LogP contribution in [0.25, 0.3) is 0 Å². The number of hydroxylamine groups is 2. The van der Waals surface area contributed by atoms with Crippen molar-refractivity contribution in [1.82, 2.24) is 15.0 Å². The molecule has 0 amide bonds. The van der Waals surface area contributed by atoms with Gasteiger partial charge in [-0.15, -0.1) is 5.06 Å². The third-order valence-corrected chi connectivity index (χ3v) is 1.06. The van der Waals surface area contributed by atoms with E-state index in [4.69, 9.17) is 4.84 Å². The van der Waals surface area contributed by atoms with E-state index in [1.807, 2.05) is 0 Å². The fourth-order valence-electron chi connectivity index (χ4n) is 0.623. The molecular formula is C7H9N3O2. The summed E-state index contributed by atoms with van der Waals surface area (Å²) < 4.78 is 0. The highest BCUT2D eigenvalue weighted by Crippen LogP contribution is 1.96. The summed E-state index contributed by atoms with van der Waals surface area (Å²) in [5, 5.41) is 1.31. The number of hydrogen-bond acceptors (Lipinski definition) is 5. The van der Waals surface area contributed by atoms with Crippen molar-refractivity contribution >= 4 is 5.97 Å². The number of nitrogens with zero attached hydrogens (tertiary/aromatic N) is 3. The molecule has 0 saturated carbocycles. The summed E-state index contributed by atoms with van der Waals surface area (Å²) in [6.45, 7) is 0. The van der Waals surface area contributed by atoms with Gasteiger partial charge in [0.1, 0.15) is 6.33 Å². The first kappa shape index (κ1) is 8.61. The molecule has 0 unspecified atom stereocenters. The number of hydrogen-bond donors (Lipinski definition) is 0. The second kappa shape index (κ2) is 3.77. The molecule has 0 aliphatic carbocycles. The zero-order valence-electron chi connectivity index (χ0n) is 6.89. The molecule has 5 nitrogen and oxygen atoms in total. The first-order chi connectivity index (χ1) is 5.70. The minimum absolute atomic E-state index is 0.339. The van der Waals surface area contributed by atoms with Crippen LogP contribution in [-0.4, -0.2) is 35.1 Å². The smallest absolute Gasteiger partial charge is 0.360 e. The Balaban J connectivity index is 2.66. The van der Waals surface area contributed by atoms with Crippen LogP contribution in [0.3, 0.4) is 0 Å². The molecule has 1 aromatic rings. The molecule has 0 aliphatic heterocycles. The van der Waals surface area contributed by atoms with Crippen LogP contribution in [-0.2, 0) is 4.84 Å². The Bertz CT molecular complexity index is 261. The molecule has 64 valence electrons. The molecular weight excluding hydrogens is 158 g/mol. The zero-order valence-corrected chi connectivity index (χ0v) is 6.89. The van der Waals surface area contributed by atoms with Crippen LogP contribution < -0.4 is 0 Å². The Morgan fingerprint density at radius 2 is 2.00 bits per heavy atom. The van der Waals surface area contributed by atoms with E-state index in [-0.39, 0.29) is 0 Å². The van der Waals surface area contributed by atoms with Crippen molar-refractivity contribution in [3.05, 3.63) is 24.3 Å². The highest BCUT2D eigenvalue weighted by atomic mass is 16.7. The van der Waals surface area contributed by atoms with Crippen LogP contribution in [0.5, 0.6) is 0 Å².